The number of β-lactam (4-membered cyclic amide) rings is 1. The molecule has 110 valence electrons. The zero-order valence-electron chi connectivity index (χ0n) is 11.4. The SMILES string of the molecule is COCCN1C(=O)[C@H](n2cnnn2)[C@@H]1c1ccc(Cl)cc1. The van der Waals surface area contributed by atoms with Crippen LogP contribution < -0.4 is 0 Å². The van der Waals surface area contributed by atoms with Crippen molar-refractivity contribution in [3.63, 3.8) is 0 Å². The molecule has 1 amide bonds. The highest BCUT2D eigenvalue weighted by atomic mass is 35.5. The highest BCUT2D eigenvalue weighted by molar-refractivity contribution is 6.30. The molecule has 0 radical (unpaired) electrons. The number of halogens is 1. The third kappa shape index (κ3) is 2.50. The summed E-state index contributed by atoms with van der Waals surface area (Å²) in [6, 6.07) is 6.91. The second-order valence-electron chi connectivity index (χ2n) is 4.76. The van der Waals surface area contributed by atoms with E-state index in [-0.39, 0.29) is 11.9 Å². The normalized spacial score (nSPS) is 21.4. The van der Waals surface area contributed by atoms with Crippen molar-refractivity contribution < 1.29 is 9.53 Å². The van der Waals surface area contributed by atoms with Crippen molar-refractivity contribution in [1.29, 1.82) is 0 Å². The minimum Gasteiger partial charge on any atom is -0.383 e. The molecule has 2 aromatic rings. The Morgan fingerprint density at radius 1 is 1.29 bits per heavy atom. The molecule has 1 aliphatic heterocycles. The number of carbonyl (C=O) groups is 1. The lowest BCUT2D eigenvalue weighted by molar-refractivity contribution is -0.157. The topological polar surface area (TPSA) is 73.1 Å². The fraction of sp³-hybridized carbons (Fsp3) is 0.385. The fourth-order valence-corrected chi connectivity index (χ4v) is 2.67. The molecule has 0 N–H and O–H groups in total. The van der Waals surface area contributed by atoms with E-state index in [0.29, 0.717) is 18.2 Å². The molecule has 7 nitrogen and oxygen atoms in total. The van der Waals surface area contributed by atoms with Crippen LogP contribution in [0.25, 0.3) is 0 Å². The third-order valence-electron chi connectivity index (χ3n) is 3.57. The van der Waals surface area contributed by atoms with Gasteiger partial charge in [-0.05, 0) is 28.1 Å². The minimum absolute atomic E-state index is 0.0145. The van der Waals surface area contributed by atoms with E-state index in [0.717, 1.165) is 5.56 Å². The summed E-state index contributed by atoms with van der Waals surface area (Å²) in [6.07, 6.45) is 1.46. The van der Waals surface area contributed by atoms with Gasteiger partial charge in [-0.1, -0.05) is 23.7 Å². The predicted octanol–water partition coefficient (Wildman–Crippen LogP) is 1.10. The molecule has 8 heteroatoms. The van der Waals surface area contributed by atoms with Crippen molar-refractivity contribution in [3.05, 3.63) is 41.2 Å². The van der Waals surface area contributed by atoms with Gasteiger partial charge in [0.25, 0.3) is 5.91 Å². The van der Waals surface area contributed by atoms with Crippen LogP contribution in [-0.2, 0) is 9.53 Å². The van der Waals surface area contributed by atoms with Gasteiger partial charge in [0, 0.05) is 18.7 Å². The van der Waals surface area contributed by atoms with Crippen LogP contribution in [0.3, 0.4) is 0 Å². The average molecular weight is 308 g/mol. The third-order valence-corrected chi connectivity index (χ3v) is 3.82. The predicted molar refractivity (Wildman–Crippen MR) is 74.6 cm³/mol. The van der Waals surface area contributed by atoms with E-state index in [4.69, 9.17) is 16.3 Å². The number of hydrogen-bond donors (Lipinski definition) is 0. The van der Waals surface area contributed by atoms with Crippen LogP contribution in [0.15, 0.2) is 30.6 Å². The summed E-state index contributed by atoms with van der Waals surface area (Å²) in [4.78, 5) is 14.1. The second-order valence-corrected chi connectivity index (χ2v) is 5.19. The molecule has 0 bridgehead atoms. The molecule has 2 atom stereocenters. The molecule has 0 aliphatic carbocycles. The van der Waals surface area contributed by atoms with Gasteiger partial charge in [0.05, 0.1) is 12.6 Å². The molecule has 0 unspecified atom stereocenters. The number of likely N-dealkylation sites (tertiary alicyclic amines) is 1. The van der Waals surface area contributed by atoms with Gasteiger partial charge in [-0.3, -0.25) is 4.79 Å². The Morgan fingerprint density at radius 3 is 2.67 bits per heavy atom. The van der Waals surface area contributed by atoms with Crippen molar-refractivity contribution in [1.82, 2.24) is 25.1 Å². The van der Waals surface area contributed by atoms with Crippen molar-refractivity contribution in [3.8, 4) is 0 Å². The molecule has 0 saturated carbocycles. The molecule has 1 saturated heterocycles. The number of tetrazole rings is 1. The van der Waals surface area contributed by atoms with Crippen LogP contribution in [0.2, 0.25) is 5.02 Å². The van der Waals surface area contributed by atoms with Gasteiger partial charge in [-0.2, -0.15) is 0 Å². The number of carbonyl (C=O) groups excluding carboxylic acids is 1. The minimum atomic E-state index is -0.418. The average Bonchev–Trinajstić information content (AvgIpc) is 3.00. The maximum absolute atomic E-state index is 12.3. The number of amides is 1. The summed E-state index contributed by atoms with van der Waals surface area (Å²) < 4.78 is 6.55. The maximum Gasteiger partial charge on any atom is 0.250 e. The van der Waals surface area contributed by atoms with Crippen LogP contribution in [0.5, 0.6) is 0 Å². The Labute approximate surface area is 126 Å². The standard InChI is InChI=1S/C13H14ClN5O2/c1-21-7-6-18-11(9-2-4-10(14)5-3-9)12(13(18)20)19-8-15-16-17-19/h2-5,8,11-12H,6-7H2,1H3/t11-,12+/m0/s1. The number of benzene rings is 1. The van der Waals surface area contributed by atoms with E-state index in [1.54, 1.807) is 12.0 Å². The van der Waals surface area contributed by atoms with Crippen molar-refractivity contribution in [2.45, 2.75) is 12.1 Å². The number of rotatable bonds is 5. The van der Waals surface area contributed by atoms with Crippen LogP contribution in [0.1, 0.15) is 17.6 Å². The zero-order chi connectivity index (χ0) is 14.8. The first kappa shape index (κ1) is 14.0. The van der Waals surface area contributed by atoms with Crippen molar-refractivity contribution in [2.75, 3.05) is 20.3 Å². The molecular weight excluding hydrogens is 294 g/mol. The summed E-state index contributed by atoms with van der Waals surface area (Å²) in [5.74, 6) is -0.0145. The molecule has 3 rings (SSSR count). The van der Waals surface area contributed by atoms with E-state index in [1.165, 1.54) is 11.0 Å². The Hall–Kier alpha value is -1.99. The quantitative estimate of drug-likeness (QED) is 0.773. The first-order valence-corrected chi connectivity index (χ1v) is 6.87. The molecule has 0 spiro atoms. The number of nitrogens with zero attached hydrogens (tertiary/aromatic N) is 5. The van der Waals surface area contributed by atoms with E-state index in [9.17, 15) is 4.79 Å². The van der Waals surface area contributed by atoms with Crippen molar-refractivity contribution >= 4 is 17.5 Å². The highest BCUT2D eigenvalue weighted by Crippen LogP contribution is 2.42. The summed E-state index contributed by atoms with van der Waals surface area (Å²) in [6.45, 7) is 1.01. The first-order chi connectivity index (χ1) is 10.2. The van der Waals surface area contributed by atoms with E-state index in [2.05, 4.69) is 15.5 Å². The second kappa shape index (κ2) is 5.79. The molecule has 1 aromatic carbocycles. The van der Waals surface area contributed by atoms with Crippen LogP contribution in [0, 0.1) is 0 Å². The van der Waals surface area contributed by atoms with Gasteiger partial charge >= 0.3 is 0 Å². The van der Waals surface area contributed by atoms with Crippen LogP contribution in [0.4, 0.5) is 0 Å². The molecule has 1 aromatic heterocycles. The largest absolute Gasteiger partial charge is 0.383 e. The maximum atomic E-state index is 12.3. The lowest BCUT2D eigenvalue weighted by atomic mass is 9.88. The molecule has 21 heavy (non-hydrogen) atoms. The van der Waals surface area contributed by atoms with E-state index < -0.39 is 6.04 Å². The van der Waals surface area contributed by atoms with Gasteiger partial charge in [-0.25, -0.2) is 4.68 Å². The lowest BCUT2D eigenvalue weighted by Gasteiger charge is -2.46. The number of methoxy groups -OCH3 is 1. The summed E-state index contributed by atoms with van der Waals surface area (Å²) in [7, 11) is 1.61. The van der Waals surface area contributed by atoms with E-state index in [1.807, 2.05) is 24.3 Å². The number of aromatic nitrogens is 4. The van der Waals surface area contributed by atoms with Gasteiger partial charge in [-0.15, -0.1) is 5.10 Å². The molecule has 1 fully saturated rings. The van der Waals surface area contributed by atoms with Gasteiger partial charge in [0.2, 0.25) is 0 Å². The highest BCUT2D eigenvalue weighted by Gasteiger charge is 2.49. The van der Waals surface area contributed by atoms with Crippen LogP contribution in [-0.4, -0.2) is 51.3 Å². The van der Waals surface area contributed by atoms with Crippen LogP contribution >= 0.6 is 11.6 Å². The Bertz CT molecular complexity index is 616. The summed E-state index contributed by atoms with van der Waals surface area (Å²) >= 11 is 5.92. The molecular formula is C13H14ClN5O2. The Balaban J connectivity index is 1.90. The lowest BCUT2D eigenvalue weighted by Crippen LogP contribution is -2.56. The first-order valence-electron chi connectivity index (χ1n) is 6.49. The molecule has 1 aliphatic rings. The van der Waals surface area contributed by atoms with E-state index >= 15 is 0 Å². The Morgan fingerprint density at radius 2 is 2.05 bits per heavy atom. The number of hydrogen-bond acceptors (Lipinski definition) is 5. The zero-order valence-corrected chi connectivity index (χ0v) is 12.1. The Kier molecular flexibility index (Phi) is 3.85. The number of ether oxygens (including phenoxy) is 1. The monoisotopic (exact) mass is 307 g/mol. The van der Waals surface area contributed by atoms with Gasteiger partial charge < -0.3 is 9.64 Å². The van der Waals surface area contributed by atoms with Gasteiger partial charge in [0.15, 0.2) is 6.04 Å². The van der Waals surface area contributed by atoms with Crippen molar-refractivity contribution in [2.24, 2.45) is 0 Å². The smallest absolute Gasteiger partial charge is 0.250 e. The summed E-state index contributed by atoms with van der Waals surface area (Å²) in [5, 5.41) is 11.7. The fourth-order valence-electron chi connectivity index (χ4n) is 2.55. The molecule has 2 heterocycles. The summed E-state index contributed by atoms with van der Waals surface area (Å²) in [5.41, 5.74) is 0.996. The van der Waals surface area contributed by atoms with Gasteiger partial charge in [0.1, 0.15) is 6.33 Å².